The number of halogens is 5. The van der Waals surface area contributed by atoms with E-state index in [9.17, 15) is 18.0 Å². The molecule has 172 valence electrons. The Hall–Kier alpha value is -2.91. The number of rotatable bonds is 4. The second-order valence-electron chi connectivity index (χ2n) is 8.00. The number of hydrogen-bond donors (Lipinski definition) is 0. The molecule has 0 bridgehead atoms. The van der Waals surface area contributed by atoms with E-state index in [0.717, 1.165) is 10.7 Å². The number of aromatic nitrogens is 5. The second kappa shape index (κ2) is 8.46. The van der Waals surface area contributed by atoms with Crippen molar-refractivity contribution in [3.8, 4) is 17.3 Å². The number of hydrogen-bond acceptors (Lipinski definition) is 4. The molecule has 0 aliphatic rings. The summed E-state index contributed by atoms with van der Waals surface area (Å²) in [6, 6.07) is 7.04. The zero-order valence-corrected chi connectivity index (χ0v) is 19.3. The molecular formula is C22H18Cl2F3N5O. The van der Waals surface area contributed by atoms with Gasteiger partial charge in [-0.05, 0) is 42.7 Å². The molecule has 0 spiro atoms. The minimum Gasteiger partial charge on any atom is -0.291 e. The maximum absolute atomic E-state index is 13.6. The van der Waals surface area contributed by atoms with Gasteiger partial charge in [0.15, 0.2) is 17.3 Å². The monoisotopic (exact) mass is 495 g/mol. The largest absolute Gasteiger partial charge is 0.435 e. The third-order valence-corrected chi connectivity index (χ3v) is 5.44. The zero-order valence-electron chi connectivity index (χ0n) is 17.8. The lowest BCUT2D eigenvalue weighted by Crippen LogP contribution is -2.26. The minimum atomic E-state index is -4.73. The SMILES string of the molecule is Cc1cc(Cl)cc2c(=O)n(CC(C)C)c(-c3cc(C(F)(F)F)nn3-c3ncccc3Cl)nc12. The summed E-state index contributed by atoms with van der Waals surface area (Å²) in [5.41, 5.74) is -0.671. The van der Waals surface area contributed by atoms with E-state index in [2.05, 4.69) is 15.1 Å². The lowest BCUT2D eigenvalue weighted by molar-refractivity contribution is -0.141. The lowest BCUT2D eigenvalue weighted by Gasteiger charge is -2.17. The van der Waals surface area contributed by atoms with E-state index in [1.165, 1.54) is 22.9 Å². The normalized spacial score (nSPS) is 12.2. The van der Waals surface area contributed by atoms with Gasteiger partial charge < -0.3 is 0 Å². The number of pyridine rings is 1. The van der Waals surface area contributed by atoms with Gasteiger partial charge in [-0.25, -0.2) is 14.6 Å². The fourth-order valence-electron chi connectivity index (χ4n) is 3.56. The van der Waals surface area contributed by atoms with E-state index in [1.54, 1.807) is 19.1 Å². The van der Waals surface area contributed by atoms with Crippen molar-refractivity contribution in [1.29, 1.82) is 0 Å². The van der Waals surface area contributed by atoms with E-state index in [-0.39, 0.29) is 40.2 Å². The Morgan fingerprint density at radius 1 is 1.15 bits per heavy atom. The Balaban J connectivity index is 2.13. The van der Waals surface area contributed by atoms with Crippen LogP contribution in [0.2, 0.25) is 10.0 Å². The Morgan fingerprint density at radius 2 is 1.88 bits per heavy atom. The van der Waals surface area contributed by atoms with E-state index < -0.39 is 17.4 Å². The van der Waals surface area contributed by atoms with Crippen LogP contribution >= 0.6 is 23.2 Å². The number of alkyl halides is 3. The first-order valence-corrected chi connectivity index (χ1v) is 10.7. The van der Waals surface area contributed by atoms with Gasteiger partial charge in [0.05, 0.1) is 15.9 Å². The zero-order chi connectivity index (χ0) is 24.1. The van der Waals surface area contributed by atoms with Gasteiger partial charge in [0.25, 0.3) is 5.56 Å². The molecule has 0 radical (unpaired) electrons. The lowest BCUT2D eigenvalue weighted by atomic mass is 10.1. The summed E-state index contributed by atoms with van der Waals surface area (Å²) >= 11 is 12.4. The summed E-state index contributed by atoms with van der Waals surface area (Å²) in [4.78, 5) is 22.2. The molecule has 0 atom stereocenters. The highest BCUT2D eigenvalue weighted by molar-refractivity contribution is 6.32. The van der Waals surface area contributed by atoms with Gasteiger partial charge >= 0.3 is 6.18 Å². The molecule has 3 heterocycles. The summed E-state index contributed by atoms with van der Waals surface area (Å²) in [6.45, 7) is 5.71. The second-order valence-corrected chi connectivity index (χ2v) is 8.84. The standard InChI is InChI=1S/C22H18Cl2F3N5O/c1-11(2)10-31-20(29-18-12(3)7-13(23)8-14(18)21(31)33)16-9-17(22(25,26)27)30-32(16)19-15(24)5-4-6-28-19/h4-9,11H,10H2,1-3H3. The van der Waals surface area contributed by atoms with Crippen LogP contribution < -0.4 is 5.56 Å². The fraction of sp³-hybridized carbons (Fsp3) is 0.273. The van der Waals surface area contributed by atoms with Crippen molar-refractivity contribution in [3.05, 3.63) is 68.2 Å². The maximum atomic E-state index is 13.6. The molecule has 6 nitrogen and oxygen atoms in total. The summed E-state index contributed by atoms with van der Waals surface area (Å²) < 4.78 is 43.2. The number of aryl methyl sites for hydroxylation is 1. The molecule has 0 aliphatic heterocycles. The van der Waals surface area contributed by atoms with Crippen LogP contribution in [0.5, 0.6) is 0 Å². The highest BCUT2D eigenvalue weighted by Crippen LogP contribution is 2.34. The molecule has 0 saturated heterocycles. The molecule has 0 N–H and O–H groups in total. The first-order valence-electron chi connectivity index (χ1n) is 9.96. The summed E-state index contributed by atoms with van der Waals surface area (Å²) in [6.07, 6.45) is -3.34. The van der Waals surface area contributed by atoms with Crippen LogP contribution in [0.4, 0.5) is 13.2 Å². The number of fused-ring (bicyclic) bond motifs is 1. The van der Waals surface area contributed by atoms with E-state index in [0.29, 0.717) is 16.1 Å². The van der Waals surface area contributed by atoms with Crippen LogP contribution in [-0.4, -0.2) is 24.3 Å². The number of nitrogens with zero attached hydrogens (tertiary/aromatic N) is 5. The minimum absolute atomic E-state index is 0.00197. The molecular weight excluding hydrogens is 478 g/mol. The first-order chi connectivity index (χ1) is 15.5. The van der Waals surface area contributed by atoms with Gasteiger partial charge in [0, 0.05) is 23.8 Å². The van der Waals surface area contributed by atoms with Gasteiger partial charge in [-0.3, -0.25) is 9.36 Å². The maximum Gasteiger partial charge on any atom is 0.435 e. The van der Waals surface area contributed by atoms with Crippen LogP contribution in [0.1, 0.15) is 25.1 Å². The Kier molecular flexibility index (Phi) is 5.96. The Labute approximate surface area is 196 Å². The highest BCUT2D eigenvalue weighted by atomic mass is 35.5. The average molecular weight is 496 g/mol. The quantitative estimate of drug-likeness (QED) is 0.351. The third-order valence-electron chi connectivity index (χ3n) is 4.93. The van der Waals surface area contributed by atoms with E-state index in [1.807, 2.05) is 13.8 Å². The van der Waals surface area contributed by atoms with Crippen molar-refractivity contribution in [2.75, 3.05) is 0 Å². The molecule has 0 saturated carbocycles. The van der Waals surface area contributed by atoms with Gasteiger partial charge in [0.2, 0.25) is 0 Å². The summed E-state index contributed by atoms with van der Waals surface area (Å²) in [5.74, 6) is 0.0113. The van der Waals surface area contributed by atoms with Gasteiger partial charge in [-0.15, -0.1) is 0 Å². The van der Waals surface area contributed by atoms with E-state index in [4.69, 9.17) is 23.2 Å². The molecule has 0 amide bonds. The average Bonchev–Trinajstić information content (AvgIpc) is 3.16. The first kappa shape index (κ1) is 23.3. The molecule has 1 aromatic carbocycles. The van der Waals surface area contributed by atoms with Crippen molar-refractivity contribution in [2.24, 2.45) is 5.92 Å². The van der Waals surface area contributed by atoms with Gasteiger partial charge in [-0.2, -0.15) is 18.3 Å². The fourth-order valence-corrected chi connectivity index (χ4v) is 4.03. The van der Waals surface area contributed by atoms with Gasteiger partial charge in [-0.1, -0.05) is 37.0 Å². The van der Waals surface area contributed by atoms with Crippen LogP contribution in [0.25, 0.3) is 28.2 Å². The predicted octanol–water partition coefficient (Wildman–Crippen LogP) is 5.93. The van der Waals surface area contributed by atoms with Crippen molar-refractivity contribution in [3.63, 3.8) is 0 Å². The Bertz CT molecular complexity index is 1430. The van der Waals surface area contributed by atoms with Crippen molar-refractivity contribution < 1.29 is 13.2 Å². The molecule has 0 aliphatic carbocycles. The molecule has 3 aromatic heterocycles. The molecule has 33 heavy (non-hydrogen) atoms. The van der Waals surface area contributed by atoms with Crippen LogP contribution in [-0.2, 0) is 12.7 Å². The predicted molar refractivity (Wildman–Crippen MR) is 121 cm³/mol. The Morgan fingerprint density at radius 3 is 2.52 bits per heavy atom. The van der Waals surface area contributed by atoms with Crippen molar-refractivity contribution in [1.82, 2.24) is 24.3 Å². The van der Waals surface area contributed by atoms with Crippen LogP contribution in [0, 0.1) is 12.8 Å². The molecule has 4 rings (SSSR count). The van der Waals surface area contributed by atoms with Crippen molar-refractivity contribution >= 4 is 34.1 Å². The van der Waals surface area contributed by atoms with Crippen molar-refractivity contribution in [2.45, 2.75) is 33.5 Å². The van der Waals surface area contributed by atoms with Crippen LogP contribution in [0.15, 0.2) is 41.3 Å². The van der Waals surface area contributed by atoms with E-state index >= 15 is 0 Å². The molecule has 0 unspecified atom stereocenters. The smallest absolute Gasteiger partial charge is 0.291 e. The summed E-state index contributed by atoms with van der Waals surface area (Å²) in [5, 5.41) is 4.47. The van der Waals surface area contributed by atoms with Gasteiger partial charge in [0.1, 0.15) is 5.69 Å². The van der Waals surface area contributed by atoms with Crippen LogP contribution in [0.3, 0.4) is 0 Å². The summed E-state index contributed by atoms with van der Waals surface area (Å²) in [7, 11) is 0. The topological polar surface area (TPSA) is 65.6 Å². The number of benzene rings is 1. The molecule has 11 heteroatoms. The third kappa shape index (κ3) is 4.35. The molecule has 0 fully saturated rings. The highest BCUT2D eigenvalue weighted by Gasteiger charge is 2.36. The molecule has 4 aromatic rings.